The smallest absolute Gasteiger partial charge is 0.153 e. The van der Waals surface area contributed by atoms with E-state index in [-0.39, 0.29) is 17.2 Å². The maximum Gasteiger partial charge on any atom is 0.153 e. The lowest BCUT2D eigenvalue weighted by molar-refractivity contribution is -0.119. The Kier molecular flexibility index (Phi) is 4.24. The molecule has 2 N–H and O–H groups in total. The monoisotopic (exact) mass is 229 g/mol. The molecule has 0 bridgehead atoms. The minimum atomic E-state index is -0.507. The number of nitrogens with two attached hydrogens (primary N) is 1. The molecule has 0 heterocycles. The first-order chi connectivity index (χ1) is 7.06. The van der Waals surface area contributed by atoms with Crippen molar-refractivity contribution in [1.29, 1.82) is 0 Å². The van der Waals surface area contributed by atoms with E-state index in [0.717, 1.165) is 0 Å². The van der Waals surface area contributed by atoms with E-state index in [0.29, 0.717) is 12.0 Å². The van der Waals surface area contributed by atoms with E-state index in [1.165, 1.54) is 12.1 Å². The molecule has 1 rings (SSSR count). The van der Waals surface area contributed by atoms with Crippen molar-refractivity contribution in [1.82, 2.24) is 0 Å². The molecule has 1 atom stereocenters. The molecule has 0 aliphatic heterocycles. The minimum absolute atomic E-state index is 0.00848. The molecule has 0 aliphatic rings. The Morgan fingerprint density at radius 2 is 2.27 bits per heavy atom. The summed E-state index contributed by atoms with van der Waals surface area (Å²) in [5.74, 6) is -0.628. The van der Waals surface area contributed by atoms with Crippen molar-refractivity contribution in [2.24, 2.45) is 5.73 Å². The average molecular weight is 230 g/mol. The van der Waals surface area contributed by atoms with Gasteiger partial charge in [-0.25, -0.2) is 4.39 Å². The van der Waals surface area contributed by atoms with Crippen molar-refractivity contribution < 1.29 is 9.18 Å². The standard InChI is InChI=1S/C11H13ClFNO/c1-2-9(14)10(15)6-7-4-3-5-8(13)11(7)12/h3-5,9H,2,6,14H2,1H3. The minimum Gasteiger partial charge on any atom is -0.322 e. The highest BCUT2D eigenvalue weighted by molar-refractivity contribution is 6.31. The number of hydrogen-bond donors (Lipinski definition) is 1. The van der Waals surface area contributed by atoms with Crippen molar-refractivity contribution in [2.45, 2.75) is 25.8 Å². The van der Waals surface area contributed by atoms with E-state index in [1.807, 2.05) is 6.92 Å². The third kappa shape index (κ3) is 3.01. The van der Waals surface area contributed by atoms with Crippen LogP contribution in [0.15, 0.2) is 18.2 Å². The average Bonchev–Trinajstić information content (AvgIpc) is 2.23. The Morgan fingerprint density at radius 1 is 1.60 bits per heavy atom. The summed E-state index contributed by atoms with van der Waals surface area (Å²) in [6, 6.07) is 3.92. The fourth-order valence-electron chi connectivity index (χ4n) is 1.23. The van der Waals surface area contributed by atoms with Crippen molar-refractivity contribution in [3.63, 3.8) is 0 Å². The molecule has 0 fully saturated rings. The largest absolute Gasteiger partial charge is 0.322 e. The Balaban J connectivity index is 2.81. The molecule has 2 nitrogen and oxygen atoms in total. The molecule has 1 unspecified atom stereocenters. The second kappa shape index (κ2) is 5.24. The normalized spacial score (nSPS) is 12.5. The van der Waals surface area contributed by atoms with Crippen LogP contribution in [0.5, 0.6) is 0 Å². The molecule has 0 aliphatic carbocycles. The second-order valence-corrected chi connectivity index (χ2v) is 3.75. The molecule has 4 heteroatoms. The molecule has 1 aromatic rings. The molecule has 1 aromatic carbocycles. The van der Waals surface area contributed by atoms with Crippen molar-refractivity contribution >= 4 is 17.4 Å². The van der Waals surface area contributed by atoms with E-state index in [4.69, 9.17) is 17.3 Å². The first-order valence-corrected chi connectivity index (χ1v) is 5.15. The molecule has 0 saturated heterocycles. The summed E-state index contributed by atoms with van der Waals surface area (Å²) in [5.41, 5.74) is 6.06. The van der Waals surface area contributed by atoms with Crippen LogP contribution in [0.1, 0.15) is 18.9 Å². The van der Waals surface area contributed by atoms with Crippen LogP contribution in [0.3, 0.4) is 0 Å². The van der Waals surface area contributed by atoms with E-state index in [1.54, 1.807) is 6.07 Å². The zero-order valence-corrected chi connectivity index (χ0v) is 9.22. The first kappa shape index (κ1) is 12.1. The van der Waals surface area contributed by atoms with Gasteiger partial charge in [0.05, 0.1) is 11.1 Å². The number of carbonyl (C=O) groups is 1. The number of rotatable bonds is 4. The molecular weight excluding hydrogens is 217 g/mol. The van der Waals surface area contributed by atoms with Gasteiger partial charge in [0.15, 0.2) is 5.78 Å². The number of hydrogen-bond acceptors (Lipinski definition) is 2. The molecule has 15 heavy (non-hydrogen) atoms. The number of benzene rings is 1. The van der Waals surface area contributed by atoms with Crippen LogP contribution < -0.4 is 5.73 Å². The van der Waals surface area contributed by atoms with Gasteiger partial charge in [-0.2, -0.15) is 0 Å². The van der Waals surface area contributed by atoms with Crippen LogP contribution in [0, 0.1) is 5.82 Å². The topological polar surface area (TPSA) is 43.1 Å². The molecule has 0 amide bonds. The SMILES string of the molecule is CCC(N)C(=O)Cc1cccc(F)c1Cl. The van der Waals surface area contributed by atoms with Crippen LogP contribution >= 0.6 is 11.6 Å². The van der Waals surface area contributed by atoms with E-state index in [2.05, 4.69) is 0 Å². The van der Waals surface area contributed by atoms with Gasteiger partial charge in [0.25, 0.3) is 0 Å². The van der Waals surface area contributed by atoms with Crippen LogP contribution in [-0.2, 0) is 11.2 Å². The highest BCUT2D eigenvalue weighted by Crippen LogP contribution is 2.20. The van der Waals surface area contributed by atoms with E-state index in [9.17, 15) is 9.18 Å². The van der Waals surface area contributed by atoms with Crippen molar-refractivity contribution in [3.05, 3.63) is 34.6 Å². The Bertz CT molecular complexity index is 368. The molecule has 82 valence electrons. The highest BCUT2D eigenvalue weighted by Gasteiger charge is 2.14. The summed E-state index contributed by atoms with van der Waals surface area (Å²) in [7, 11) is 0. The van der Waals surface area contributed by atoms with Gasteiger partial charge in [-0.05, 0) is 18.1 Å². The van der Waals surface area contributed by atoms with Gasteiger partial charge < -0.3 is 5.73 Å². The molecule has 0 radical (unpaired) electrons. The molecule has 0 spiro atoms. The van der Waals surface area contributed by atoms with Crippen LogP contribution in [-0.4, -0.2) is 11.8 Å². The number of carbonyl (C=O) groups excluding carboxylic acids is 1. The third-order valence-corrected chi connectivity index (χ3v) is 2.67. The van der Waals surface area contributed by atoms with Gasteiger partial charge in [-0.15, -0.1) is 0 Å². The third-order valence-electron chi connectivity index (χ3n) is 2.25. The zero-order chi connectivity index (χ0) is 11.4. The summed E-state index contributed by atoms with van der Waals surface area (Å²) in [6.07, 6.45) is 0.664. The number of halogens is 2. The van der Waals surface area contributed by atoms with Crippen molar-refractivity contribution in [3.8, 4) is 0 Å². The van der Waals surface area contributed by atoms with Crippen LogP contribution in [0.4, 0.5) is 4.39 Å². The Hall–Kier alpha value is -0.930. The predicted octanol–water partition coefficient (Wildman–Crippen LogP) is 2.33. The summed E-state index contributed by atoms with van der Waals surface area (Å²) >= 11 is 5.72. The quantitative estimate of drug-likeness (QED) is 0.861. The summed E-state index contributed by atoms with van der Waals surface area (Å²) < 4.78 is 13.0. The fraction of sp³-hybridized carbons (Fsp3) is 0.364. The second-order valence-electron chi connectivity index (χ2n) is 3.37. The van der Waals surface area contributed by atoms with E-state index < -0.39 is 11.9 Å². The maximum absolute atomic E-state index is 13.0. The van der Waals surface area contributed by atoms with Gasteiger partial charge in [-0.3, -0.25) is 4.79 Å². The fourth-order valence-corrected chi connectivity index (χ4v) is 1.42. The summed E-state index contributed by atoms with van der Waals surface area (Å²) in [5, 5.41) is 0.00848. The van der Waals surface area contributed by atoms with Gasteiger partial charge in [0, 0.05) is 6.42 Å². The summed E-state index contributed by atoms with van der Waals surface area (Å²) in [4.78, 5) is 11.5. The van der Waals surface area contributed by atoms with Gasteiger partial charge >= 0.3 is 0 Å². The Labute approximate surface area is 93.2 Å². The van der Waals surface area contributed by atoms with Crippen molar-refractivity contribution in [2.75, 3.05) is 0 Å². The van der Waals surface area contributed by atoms with Gasteiger partial charge in [-0.1, -0.05) is 30.7 Å². The van der Waals surface area contributed by atoms with Gasteiger partial charge in [0.2, 0.25) is 0 Å². The maximum atomic E-state index is 13.0. The lowest BCUT2D eigenvalue weighted by Crippen LogP contribution is -2.30. The van der Waals surface area contributed by atoms with Crippen LogP contribution in [0.25, 0.3) is 0 Å². The number of Topliss-reactive ketones (excluding diaryl/α,β-unsaturated/α-hetero) is 1. The predicted molar refractivity (Wildman–Crippen MR) is 58.4 cm³/mol. The zero-order valence-electron chi connectivity index (χ0n) is 8.47. The van der Waals surface area contributed by atoms with Crippen LogP contribution in [0.2, 0.25) is 5.02 Å². The highest BCUT2D eigenvalue weighted by atomic mass is 35.5. The molecular formula is C11H13ClFNO. The first-order valence-electron chi connectivity index (χ1n) is 4.77. The molecule has 0 saturated carbocycles. The Morgan fingerprint density at radius 3 is 2.87 bits per heavy atom. The number of ketones is 1. The van der Waals surface area contributed by atoms with E-state index >= 15 is 0 Å². The summed E-state index contributed by atoms with van der Waals surface area (Å²) in [6.45, 7) is 1.83. The lowest BCUT2D eigenvalue weighted by atomic mass is 10.0. The van der Waals surface area contributed by atoms with Gasteiger partial charge in [0.1, 0.15) is 5.82 Å². The lowest BCUT2D eigenvalue weighted by Gasteiger charge is -2.08. The molecule has 0 aromatic heterocycles.